The van der Waals surface area contributed by atoms with Gasteiger partial charge in [-0.2, -0.15) is 0 Å². The van der Waals surface area contributed by atoms with Gasteiger partial charge in [0.1, 0.15) is 0 Å². The van der Waals surface area contributed by atoms with Gasteiger partial charge >= 0.3 is 11.1 Å². The van der Waals surface area contributed by atoms with Crippen LogP contribution >= 0.6 is 0 Å². The molecule has 0 aliphatic heterocycles. The van der Waals surface area contributed by atoms with Gasteiger partial charge in [0.15, 0.2) is 9.84 Å². The maximum absolute atomic E-state index is 12.7. The number of nitrogens with one attached hydrogen (secondary N) is 1. The van der Waals surface area contributed by atoms with Crippen molar-refractivity contribution in [3.05, 3.63) is 74.8 Å². The number of carbonyl (C=O) groups excluding carboxylic acids is 1. The first-order valence-corrected chi connectivity index (χ1v) is 10.6. The van der Waals surface area contributed by atoms with Crippen molar-refractivity contribution in [1.29, 1.82) is 0 Å². The Morgan fingerprint density at radius 2 is 1.55 bits per heavy atom. The third kappa shape index (κ3) is 4.29. The van der Waals surface area contributed by atoms with Gasteiger partial charge in [-0.25, -0.2) is 8.42 Å². The van der Waals surface area contributed by atoms with E-state index >= 15 is 0 Å². The second-order valence-corrected chi connectivity index (χ2v) is 8.82. The summed E-state index contributed by atoms with van der Waals surface area (Å²) in [5.74, 6) is -0.730. The molecule has 0 radical (unpaired) electrons. The average molecular weight is 415 g/mol. The van der Waals surface area contributed by atoms with Crippen molar-refractivity contribution in [3.8, 4) is 0 Å². The minimum Gasteiger partial charge on any atom is -0.352 e. The van der Waals surface area contributed by atoms with Crippen LogP contribution < -0.4 is 16.4 Å². The Labute approximate surface area is 167 Å². The maximum atomic E-state index is 12.7. The van der Waals surface area contributed by atoms with E-state index in [1.807, 2.05) is 30.3 Å². The Bertz CT molecular complexity index is 1290. The van der Waals surface area contributed by atoms with Gasteiger partial charge in [-0.15, -0.1) is 0 Å². The lowest BCUT2D eigenvalue weighted by Gasteiger charge is -2.11. The van der Waals surface area contributed by atoms with E-state index < -0.39 is 21.0 Å². The molecule has 0 atom stereocenters. The zero-order valence-electron chi connectivity index (χ0n) is 16.1. The lowest BCUT2D eigenvalue weighted by molar-refractivity contribution is -0.120. The molecule has 0 aliphatic carbocycles. The first-order chi connectivity index (χ1) is 13.7. The summed E-state index contributed by atoms with van der Waals surface area (Å²) in [5, 5.41) is 2.70. The number of aryl methyl sites for hydroxylation is 2. The molecule has 3 aromatic rings. The third-order valence-corrected chi connectivity index (χ3v) is 6.47. The summed E-state index contributed by atoms with van der Waals surface area (Å²) < 4.78 is 27.6. The number of fused-ring (bicyclic) bond motifs is 1. The minimum atomic E-state index is -3.75. The molecular weight excluding hydrogens is 394 g/mol. The first kappa shape index (κ1) is 20.5. The van der Waals surface area contributed by atoms with Gasteiger partial charge in [0.25, 0.3) is 0 Å². The number of carbonyl (C=O) groups is 1. The van der Waals surface area contributed by atoms with Crippen LogP contribution in [-0.2, 0) is 35.3 Å². The van der Waals surface area contributed by atoms with Gasteiger partial charge in [-0.05, 0) is 23.8 Å². The molecule has 0 bridgehead atoms. The molecular formula is C20H21N3O5S. The van der Waals surface area contributed by atoms with Crippen LogP contribution in [0.4, 0.5) is 0 Å². The van der Waals surface area contributed by atoms with Crippen LogP contribution in [0.5, 0.6) is 0 Å². The number of hydrogen-bond donors (Lipinski definition) is 1. The van der Waals surface area contributed by atoms with Gasteiger partial charge in [0.05, 0.1) is 21.7 Å². The van der Waals surface area contributed by atoms with E-state index in [1.165, 1.54) is 36.9 Å². The van der Waals surface area contributed by atoms with Crippen molar-refractivity contribution >= 4 is 26.8 Å². The fourth-order valence-corrected chi connectivity index (χ4v) is 4.24. The van der Waals surface area contributed by atoms with Crippen molar-refractivity contribution < 1.29 is 13.2 Å². The van der Waals surface area contributed by atoms with Gasteiger partial charge in [0.2, 0.25) is 5.91 Å². The Balaban J connectivity index is 1.77. The molecule has 29 heavy (non-hydrogen) atoms. The van der Waals surface area contributed by atoms with Gasteiger partial charge < -0.3 is 14.5 Å². The standard InChI is InChI=1S/C20H21N3O5S/c1-22-16-9-8-15(12-17(16)23(2)20(26)19(22)25)29(27,28)11-10-18(24)21-13-14-6-4-3-5-7-14/h3-9,12H,10-11,13H2,1-2H3,(H,21,24). The molecule has 0 aliphatic rings. The van der Waals surface area contributed by atoms with E-state index in [0.717, 1.165) is 10.1 Å². The van der Waals surface area contributed by atoms with Crippen LogP contribution in [-0.4, -0.2) is 29.2 Å². The minimum absolute atomic E-state index is 0.00508. The zero-order chi connectivity index (χ0) is 21.2. The second kappa shape index (κ2) is 8.04. The molecule has 1 amide bonds. The van der Waals surface area contributed by atoms with Crippen LogP contribution in [0.2, 0.25) is 0 Å². The Morgan fingerprint density at radius 3 is 2.21 bits per heavy atom. The number of aromatic nitrogens is 2. The van der Waals surface area contributed by atoms with Crippen molar-refractivity contribution in [2.24, 2.45) is 14.1 Å². The molecule has 1 aromatic heterocycles. The lowest BCUT2D eigenvalue weighted by atomic mass is 10.2. The Kier molecular flexibility index (Phi) is 5.69. The Morgan fingerprint density at radius 1 is 0.931 bits per heavy atom. The van der Waals surface area contributed by atoms with Crippen molar-refractivity contribution in [2.45, 2.75) is 17.9 Å². The summed E-state index contributed by atoms with van der Waals surface area (Å²) >= 11 is 0. The van der Waals surface area contributed by atoms with Crippen LogP contribution in [0.1, 0.15) is 12.0 Å². The molecule has 0 spiro atoms. The van der Waals surface area contributed by atoms with Crippen LogP contribution in [0.3, 0.4) is 0 Å². The molecule has 1 N–H and O–H groups in total. The van der Waals surface area contributed by atoms with Crippen molar-refractivity contribution in [2.75, 3.05) is 5.75 Å². The van der Waals surface area contributed by atoms with E-state index in [0.29, 0.717) is 17.6 Å². The molecule has 0 unspecified atom stereocenters. The lowest BCUT2D eigenvalue weighted by Crippen LogP contribution is -2.39. The number of sulfone groups is 1. The number of rotatable bonds is 6. The molecule has 0 fully saturated rings. The van der Waals surface area contributed by atoms with Gasteiger partial charge in [-0.3, -0.25) is 14.4 Å². The van der Waals surface area contributed by atoms with E-state index in [9.17, 15) is 22.8 Å². The highest BCUT2D eigenvalue weighted by atomic mass is 32.2. The fourth-order valence-electron chi connectivity index (χ4n) is 2.98. The summed E-state index contributed by atoms with van der Waals surface area (Å²) in [5.41, 5.74) is 0.258. The number of hydrogen-bond acceptors (Lipinski definition) is 5. The summed E-state index contributed by atoms with van der Waals surface area (Å²) in [7, 11) is -0.874. The number of nitrogens with zero attached hydrogens (tertiary/aromatic N) is 2. The molecule has 1 heterocycles. The zero-order valence-corrected chi connectivity index (χ0v) is 16.9. The summed E-state index contributed by atoms with van der Waals surface area (Å²) in [6.07, 6.45) is -0.181. The highest BCUT2D eigenvalue weighted by Gasteiger charge is 2.19. The Hall–Kier alpha value is -3.20. The molecule has 0 saturated heterocycles. The molecule has 3 rings (SSSR count). The first-order valence-electron chi connectivity index (χ1n) is 8.94. The van der Waals surface area contributed by atoms with Crippen LogP contribution in [0.25, 0.3) is 11.0 Å². The largest absolute Gasteiger partial charge is 0.352 e. The van der Waals surface area contributed by atoms with E-state index in [2.05, 4.69) is 5.32 Å². The molecule has 0 saturated carbocycles. The smallest absolute Gasteiger partial charge is 0.316 e. The summed E-state index contributed by atoms with van der Waals surface area (Å²) in [6, 6.07) is 13.5. The highest BCUT2D eigenvalue weighted by molar-refractivity contribution is 7.91. The summed E-state index contributed by atoms with van der Waals surface area (Å²) in [6.45, 7) is 0.325. The van der Waals surface area contributed by atoms with E-state index in [4.69, 9.17) is 0 Å². The van der Waals surface area contributed by atoms with Crippen molar-refractivity contribution in [3.63, 3.8) is 0 Å². The maximum Gasteiger partial charge on any atom is 0.316 e. The second-order valence-electron chi connectivity index (χ2n) is 6.71. The fraction of sp³-hybridized carbons (Fsp3) is 0.250. The van der Waals surface area contributed by atoms with Crippen LogP contribution in [0.15, 0.2) is 63.0 Å². The predicted molar refractivity (Wildman–Crippen MR) is 109 cm³/mol. The van der Waals surface area contributed by atoms with Gasteiger partial charge in [0, 0.05) is 27.1 Å². The number of benzene rings is 2. The monoisotopic (exact) mass is 415 g/mol. The molecule has 152 valence electrons. The van der Waals surface area contributed by atoms with Crippen molar-refractivity contribution in [1.82, 2.24) is 14.5 Å². The topological polar surface area (TPSA) is 107 Å². The summed E-state index contributed by atoms with van der Waals surface area (Å²) in [4.78, 5) is 35.9. The van der Waals surface area contributed by atoms with E-state index in [1.54, 1.807) is 0 Å². The SMILES string of the molecule is Cn1c(=O)c(=O)n(C)c2cc(S(=O)(=O)CCC(=O)NCc3ccccc3)ccc21. The number of amides is 1. The third-order valence-electron chi connectivity index (χ3n) is 4.75. The highest BCUT2D eigenvalue weighted by Crippen LogP contribution is 2.18. The average Bonchev–Trinajstić information content (AvgIpc) is 2.73. The molecule has 9 heteroatoms. The molecule has 2 aromatic carbocycles. The van der Waals surface area contributed by atoms with Crippen LogP contribution in [0, 0.1) is 0 Å². The predicted octanol–water partition coefficient (Wildman–Crippen LogP) is 0.717. The molecule has 8 nitrogen and oxygen atoms in total. The van der Waals surface area contributed by atoms with Gasteiger partial charge in [-0.1, -0.05) is 30.3 Å². The quantitative estimate of drug-likeness (QED) is 0.597. The normalized spacial score (nSPS) is 11.5. The van der Waals surface area contributed by atoms with E-state index in [-0.39, 0.29) is 23.0 Å².